The predicted octanol–water partition coefficient (Wildman–Crippen LogP) is 4.47. The van der Waals surface area contributed by atoms with Crippen molar-refractivity contribution in [3.63, 3.8) is 0 Å². The molecule has 4 heteroatoms. The molecule has 0 spiro atoms. The smallest absolute Gasteiger partial charge is 0.243 e. The van der Waals surface area contributed by atoms with Crippen molar-refractivity contribution in [3.8, 4) is 5.75 Å². The summed E-state index contributed by atoms with van der Waals surface area (Å²) in [5, 5.41) is 5.97. The van der Waals surface area contributed by atoms with Crippen LogP contribution in [0.1, 0.15) is 25.8 Å². The third-order valence-corrected chi connectivity index (χ3v) is 3.61. The monoisotopic (exact) mass is 326 g/mol. The quantitative estimate of drug-likeness (QED) is 0.752. The third-order valence-electron chi connectivity index (χ3n) is 3.61. The number of benzene rings is 2. The Hall–Kier alpha value is -2.49. The Morgan fingerprint density at radius 1 is 1.00 bits per heavy atom. The van der Waals surface area contributed by atoms with Crippen molar-refractivity contribution in [3.05, 3.63) is 54.1 Å². The molecule has 0 unspecified atom stereocenters. The number of anilines is 2. The molecule has 0 saturated carbocycles. The molecule has 128 valence electrons. The highest BCUT2D eigenvalue weighted by Crippen LogP contribution is 2.16. The highest BCUT2D eigenvalue weighted by molar-refractivity contribution is 5.93. The number of hydrogen-bond acceptors (Lipinski definition) is 3. The Labute approximate surface area is 144 Å². The molecule has 4 nitrogen and oxygen atoms in total. The topological polar surface area (TPSA) is 50.4 Å². The molecule has 2 rings (SSSR count). The first-order valence-corrected chi connectivity index (χ1v) is 8.36. The van der Waals surface area contributed by atoms with E-state index in [4.69, 9.17) is 4.74 Å². The van der Waals surface area contributed by atoms with Crippen molar-refractivity contribution in [2.24, 2.45) is 5.92 Å². The van der Waals surface area contributed by atoms with Gasteiger partial charge < -0.3 is 15.4 Å². The van der Waals surface area contributed by atoms with Crippen molar-refractivity contribution in [1.29, 1.82) is 0 Å². The van der Waals surface area contributed by atoms with E-state index in [1.165, 1.54) is 5.56 Å². The molecule has 0 aliphatic rings. The van der Waals surface area contributed by atoms with Gasteiger partial charge in [-0.25, -0.2) is 0 Å². The van der Waals surface area contributed by atoms with Gasteiger partial charge in [0.15, 0.2) is 0 Å². The summed E-state index contributed by atoms with van der Waals surface area (Å²) < 4.78 is 5.68. The number of ether oxygens (including phenoxy) is 1. The Morgan fingerprint density at radius 3 is 2.25 bits per heavy atom. The van der Waals surface area contributed by atoms with E-state index in [2.05, 4.69) is 24.5 Å². The average Bonchev–Trinajstić information content (AvgIpc) is 2.56. The van der Waals surface area contributed by atoms with E-state index in [0.717, 1.165) is 30.2 Å². The number of carbonyl (C=O) groups is 1. The fourth-order valence-corrected chi connectivity index (χ4v) is 2.11. The molecule has 2 aromatic rings. The van der Waals surface area contributed by atoms with Gasteiger partial charge in [0.05, 0.1) is 13.2 Å². The second-order valence-corrected chi connectivity index (χ2v) is 6.32. The number of hydrogen-bond donors (Lipinski definition) is 2. The van der Waals surface area contributed by atoms with Crippen molar-refractivity contribution in [1.82, 2.24) is 0 Å². The van der Waals surface area contributed by atoms with Crippen LogP contribution in [0, 0.1) is 12.8 Å². The molecule has 0 fully saturated rings. The van der Waals surface area contributed by atoms with E-state index in [-0.39, 0.29) is 12.5 Å². The van der Waals surface area contributed by atoms with Crippen LogP contribution in [0.25, 0.3) is 0 Å². The molecule has 0 aliphatic heterocycles. The number of amides is 1. The maximum absolute atomic E-state index is 11.9. The summed E-state index contributed by atoms with van der Waals surface area (Å²) in [5.74, 6) is 1.42. The van der Waals surface area contributed by atoms with E-state index in [1.54, 1.807) is 0 Å². The van der Waals surface area contributed by atoms with Gasteiger partial charge >= 0.3 is 0 Å². The molecule has 2 aromatic carbocycles. The largest absolute Gasteiger partial charge is 0.494 e. The summed E-state index contributed by atoms with van der Waals surface area (Å²) in [6.07, 6.45) is 1.04. The zero-order valence-electron chi connectivity index (χ0n) is 14.6. The second-order valence-electron chi connectivity index (χ2n) is 6.32. The lowest BCUT2D eigenvalue weighted by molar-refractivity contribution is -0.114. The fourth-order valence-electron chi connectivity index (χ4n) is 2.11. The van der Waals surface area contributed by atoms with Crippen LogP contribution in [-0.2, 0) is 4.79 Å². The standard InChI is InChI=1S/C20H26N2O2/c1-15(2)12-13-24-19-10-8-17(9-11-19)21-14-20(23)22-18-6-4-16(3)5-7-18/h4-11,15,21H,12-14H2,1-3H3,(H,22,23). The minimum Gasteiger partial charge on any atom is -0.494 e. The van der Waals surface area contributed by atoms with Crippen molar-refractivity contribution in [2.75, 3.05) is 23.8 Å². The maximum Gasteiger partial charge on any atom is 0.243 e. The molecule has 0 heterocycles. The lowest BCUT2D eigenvalue weighted by atomic mass is 10.1. The molecular weight excluding hydrogens is 300 g/mol. The van der Waals surface area contributed by atoms with Crippen LogP contribution >= 0.6 is 0 Å². The second kappa shape index (κ2) is 8.96. The number of carbonyl (C=O) groups excluding carboxylic acids is 1. The van der Waals surface area contributed by atoms with Gasteiger partial charge in [-0.3, -0.25) is 4.79 Å². The van der Waals surface area contributed by atoms with Crippen LogP contribution in [0.3, 0.4) is 0 Å². The zero-order chi connectivity index (χ0) is 17.4. The van der Waals surface area contributed by atoms with Gasteiger partial charge in [-0.2, -0.15) is 0 Å². The Morgan fingerprint density at radius 2 is 1.62 bits per heavy atom. The summed E-state index contributed by atoms with van der Waals surface area (Å²) >= 11 is 0. The molecule has 0 saturated heterocycles. The lowest BCUT2D eigenvalue weighted by Gasteiger charge is -2.10. The molecule has 0 bridgehead atoms. The predicted molar refractivity (Wildman–Crippen MR) is 99.7 cm³/mol. The van der Waals surface area contributed by atoms with Gasteiger partial charge in [-0.15, -0.1) is 0 Å². The Kier molecular flexibility index (Phi) is 6.67. The first kappa shape index (κ1) is 17.9. The van der Waals surface area contributed by atoms with E-state index >= 15 is 0 Å². The summed E-state index contributed by atoms with van der Waals surface area (Å²) in [7, 11) is 0. The minimum atomic E-state index is -0.0730. The van der Waals surface area contributed by atoms with Crippen LogP contribution in [0.15, 0.2) is 48.5 Å². The van der Waals surface area contributed by atoms with E-state index in [1.807, 2.05) is 55.5 Å². The summed E-state index contributed by atoms with van der Waals surface area (Å²) in [4.78, 5) is 11.9. The van der Waals surface area contributed by atoms with Crippen LogP contribution in [0.4, 0.5) is 11.4 Å². The Balaban J connectivity index is 1.75. The SMILES string of the molecule is Cc1ccc(NC(=O)CNc2ccc(OCCC(C)C)cc2)cc1. The fraction of sp³-hybridized carbons (Fsp3) is 0.350. The molecule has 0 aliphatic carbocycles. The van der Waals surface area contributed by atoms with Crippen molar-refractivity contribution in [2.45, 2.75) is 27.2 Å². The van der Waals surface area contributed by atoms with Gasteiger partial charge in [0.2, 0.25) is 5.91 Å². The van der Waals surface area contributed by atoms with Crippen LogP contribution in [0.5, 0.6) is 5.75 Å². The number of rotatable bonds is 8. The van der Waals surface area contributed by atoms with Gasteiger partial charge in [0.25, 0.3) is 0 Å². The van der Waals surface area contributed by atoms with E-state index in [0.29, 0.717) is 5.92 Å². The van der Waals surface area contributed by atoms with Crippen molar-refractivity contribution < 1.29 is 9.53 Å². The summed E-state index contributed by atoms with van der Waals surface area (Å²) in [6.45, 7) is 7.32. The molecule has 2 N–H and O–H groups in total. The zero-order valence-corrected chi connectivity index (χ0v) is 14.6. The Bertz CT molecular complexity index is 634. The van der Waals surface area contributed by atoms with Gasteiger partial charge in [0.1, 0.15) is 5.75 Å². The number of nitrogens with one attached hydrogen (secondary N) is 2. The molecule has 0 atom stereocenters. The summed E-state index contributed by atoms with van der Waals surface area (Å²) in [6, 6.07) is 15.4. The highest BCUT2D eigenvalue weighted by atomic mass is 16.5. The molecule has 0 aromatic heterocycles. The van der Waals surface area contributed by atoms with Gasteiger partial charge in [0, 0.05) is 11.4 Å². The summed E-state index contributed by atoms with van der Waals surface area (Å²) in [5.41, 5.74) is 2.87. The normalized spacial score (nSPS) is 10.5. The van der Waals surface area contributed by atoms with Gasteiger partial charge in [-0.1, -0.05) is 31.5 Å². The highest BCUT2D eigenvalue weighted by Gasteiger charge is 2.03. The van der Waals surface area contributed by atoms with Crippen molar-refractivity contribution >= 4 is 17.3 Å². The third kappa shape index (κ3) is 6.32. The maximum atomic E-state index is 11.9. The molecule has 0 radical (unpaired) electrons. The van der Waals surface area contributed by atoms with Gasteiger partial charge in [-0.05, 0) is 55.7 Å². The first-order valence-electron chi connectivity index (χ1n) is 8.36. The van der Waals surface area contributed by atoms with Crippen LogP contribution < -0.4 is 15.4 Å². The van der Waals surface area contributed by atoms with E-state index < -0.39 is 0 Å². The first-order chi connectivity index (χ1) is 11.5. The molecule has 24 heavy (non-hydrogen) atoms. The molecule has 1 amide bonds. The van der Waals surface area contributed by atoms with E-state index in [9.17, 15) is 4.79 Å². The molecular formula is C20H26N2O2. The van der Waals surface area contributed by atoms with Crippen LogP contribution in [-0.4, -0.2) is 19.1 Å². The average molecular weight is 326 g/mol. The number of aryl methyl sites for hydroxylation is 1. The lowest BCUT2D eigenvalue weighted by Crippen LogP contribution is -2.21. The minimum absolute atomic E-state index is 0.0730. The van der Waals surface area contributed by atoms with Crippen LogP contribution in [0.2, 0.25) is 0 Å².